The van der Waals surface area contributed by atoms with E-state index in [0.717, 1.165) is 33.5 Å². The van der Waals surface area contributed by atoms with Crippen molar-refractivity contribution >= 4 is 54.0 Å². The fourth-order valence-electron chi connectivity index (χ4n) is 6.57. The molecule has 3 aromatic rings. The van der Waals surface area contributed by atoms with Gasteiger partial charge in [0.1, 0.15) is 24.8 Å². The number of allylic oxidation sites excluding steroid dienone is 4. The van der Waals surface area contributed by atoms with E-state index in [-0.39, 0.29) is 30.1 Å². The molecule has 6 rings (SSSR count). The van der Waals surface area contributed by atoms with Crippen LogP contribution in [0.25, 0.3) is 0 Å². The maximum absolute atomic E-state index is 14.4. The Hall–Kier alpha value is -3.48. The Morgan fingerprint density at radius 1 is 0.975 bits per heavy atom. The van der Waals surface area contributed by atoms with Crippen LogP contribution in [0.5, 0.6) is 11.5 Å². The third kappa shape index (κ3) is 4.44. The van der Waals surface area contributed by atoms with Crippen molar-refractivity contribution in [1.29, 1.82) is 0 Å². The highest BCUT2D eigenvalue weighted by Gasteiger charge is 2.62. The third-order valence-corrected chi connectivity index (χ3v) is 8.94. The normalized spacial score (nSPS) is 25.3. The number of hydrogen-bond acceptors (Lipinski definition) is 3. The molecule has 3 aliphatic rings. The van der Waals surface area contributed by atoms with Crippen LogP contribution in [0.2, 0.25) is 5.02 Å². The summed E-state index contributed by atoms with van der Waals surface area (Å²) in [6.07, 6.45) is 6.59. The molecule has 2 aliphatic heterocycles. The van der Waals surface area contributed by atoms with E-state index in [1.807, 2.05) is 76.3 Å². The van der Waals surface area contributed by atoms with Crippen molar-refractivity contribution in [2.24, 2.45) is 11.8 Å². The molecule has 3 aromatic carbocycles. The molecule has 0 radical (unpaired) electrons. The van der Waals surface area contributed by atoms with Gasteiger partial charge in [-0.25, -0.2) is 0 Å². The summed E-state index contributed by atoms with van der Waals surface area (Å²) in [4.78, 5) is 27.9. The smallest absolute Gasteiger partial charge is 0.237 e. The average molecular weight is 571 g/mol. The Bertz CT molecular complexity index is 1620. The van der Waals surface area contributed by atoms with Crippen molar-refractivity contribution < 1.29 is 14.3 Å². The van der Waals surface area contributed by atoms with Gasteiger partial charge in [0.2, 0.25) is 11.8 Å². The number of amides is 2. The Labute approximate surface area is 245 Å². The lowest BCUT2D eigenvalue weighted by atomic mass is 9.56. The van der Waals surface area contributed by atoms with Gasteiger partial charge in [-0.15, -0.1) is 0 Å². The van der Waals surface area contributed by atoms with E-state index in [1.165, 1.54) is 0 Å². The lowest BCUT2D eigenvalue weighted by Gasteiger charge is -2.49. The van der Waals surface area contributed by atoms with Gasteiger partial charge in [0, 0.05) is 27.7 Å². The Morgan fingerprint density at radius 3 is 2.60 bits per heavy atom. The van der Waals surface area contributed by atoms with Crippen LogP contribution in [0.1, 0.15) is 41.1 Å². The van der Waals surface area contributed by atoms with Crippen LogP contribution in [0, 0.1) is 25.7 Å². The molecular weight excluding hydrogens is 542 g/mol. The largest absolute Gasteiger partial charge is 0.457 e. The number of hydrogen-bond donors (Lipinski definition) is 2. The van der Waals surface area contributed by atoms with E-state index in [0.29, 0.717) is 27.9 Å². The molecule has 2 amide bonds. The molecule has 1 spiro atoms. The van der Waals surface area contributed by atoms with Crippen molar-refractivity contribution in [3.8, 4) is 11.5 Å². The molecule has 2 N–H and O–H groups in total. The molecule has 202 valence electrons. The number of fused-ring (bicyclic) bond motifs is 2. The number of ether oxygens (including phenoxy) is 1. The zero-order chi connectivity index (χ0) is 28.2. The summed E-state index contributed by atoms with van der Waals surface area (Å²) in [5.41, 5.74) is 4.16. The highest BCUT2D eigenvalue weighted by molar-refractivity contribution is 6.32. The van der Waals surface area contributed by atoms with Crippen molar-refractivity contribution in [2.45, 2.75) is 38.1 Å². The van der Waals surface area contributed by atoms with Crippen LogP contribution in [0.4, 0.5) is 5.69 Å². The molecule has 0 saturated carbocycles. The van der Waals surface area contributed by atoms with Gasteiger partial charge < -0.3 is 15.4 Å². The number of carbonyl (C=O) groups is 2. The van der Waals surface area contributed by atoms with Gasteiger partial charge in [-0.3, -0.25) is 9.59 Å². The van der Waals surface area contributed by atoms with Crippen LogP contribution in [-0.4, -0.2) is 19.7 Å². The number of nitrogens with one attached hydrogen (secondary N) is 2. The van der Waals surface area contributed by atoms with Crippen molar-refractivity contribution in [3.05, 3.63) is 105 Å². The molecule has 4 atom stereocenters. The van der Waals surface area contributed by atoms with Gasteiger partial charge in [0.05, 0.1) is 6.04 Å². The molecule has 2 heterocycles. The first-order valence-corrected chi connectivity index (χ1v) is 14.2. The number of aryl methyl sites for hydroxylation is 2. The second-order valence-electron chi connectivity index (χ2n) is 11.1. The summed E-state index contributed by atoms with van der Waals surface area (Å²) in [7, 11) is 2.00. The summed E-state index contributed by atoms with van der Waals surface area (Å²) >= 11 is 12.9. The first-order valence-electron chi connectivity index (χ1n) is 13.5. The fraction of sp³-hybridized carbons (Fsp3) is 0.250. The number of halogens is 2. The summed E-state index contributed by atoms with van der Waals surface area (Å²) in [5.74, 6) is 0.560. The monoisotopic (exact) mass is 570 g/mol. The van der Waals surface area contributed by atoms with Gasteiger partial charge in [-0.2, -0.15) is 0 Å². The van der Waals surface area contributed by atoms with Crippen LogP contribution < -0.4 is 20.8 Å². The van der Waals surface area contributed by atoms with Gasteiger partial charge >= 0.3 is 0 Å². The number of rotatable bonds is 4. The van der Waals surface area contributed by atoms with E-state index < -0.39 is 11.5 Å². The van der Waals surface area contributed by atoms with Crippen molar-refractivity contribution in [3.63, 3.8) is 0 Å². The van der Waals surface area contributed by atoms with E-state index in [2.05, 4.69) is 16.7 Å². The van der Waals surface area contributed by atoms with Crippen molar-refractivity contribution in [1.82, 2.24) is 5.32 Å². The minimum absolute atomic E-state index is 0.117. The standard InChI is InChI=1S/C32H29BCl2N2O3/c1-17-6-7-18(2)28(12-17)40-27-11-8-20(33)14-23(27)30-32(24-10-9-22(35)15-26(24)36-31(32)39)25(16-29(38)37-30)19-4-3-5-21(34)13-19/h3-12,14-15,19,25,30H,13,16,33H2,1-2H3,(H,36,39)(H,37,38)/t19?,25-,30+,32-/m0/s1. The molecular formula is C32H29BCl2N2O3. The maximum Gasteiger partial charge on any atom is 0.237 e. The maximum atomic E-state index is 14.4. The fourth-order valence-corrected chi connectivity index (χ4v) is 6.99. The van der Waals surface area contributed by atoms with E-state index in [9.17, 15) is 9.59 Å². The topological polar surface area (TPSA) is 67.4 Å². The Kier molecular flexibility index (Phi) is 6.80. The SMILES string of the molecule is Bc1ccc(Oc2cc(C)ccc2C)c([C@H]2NC(=O)C[C@@H](C3C=CC=C(Cl)C3)[C@]23C(=O)Nc2cc(Cl)ccc23)c1. The van der Waals surface area contributed by atoms with Gasteiger partial charge in [-0.05, 0) is 79.1 Å². The van der Waals surface area contributed by atoms with Crippen LogP contribution in [0.3, 0.4) is 0 Å². The third-order valence-electron chi connectivity index (χ3n) is 8.42. The molecule has 1 aliphatic carbocycles. The molecule has 0 bridgehead atoms. The quantitative estimate of drug-likeness (QED) is 0.391. The predicted octanol–water partition coefficient (Wildman–Crippen LogP) is 5.77. The minimum Gasteiger partial charge on any atom is -0.457 e. The second-order valence-corrected chi connectivity index (χ2v) is 12.0. The molecule has 5 nitrogen and oxygen atoms in total. The van der Waals surface area contributed by atoms with Gasteiger partial charge in [0.15, 0.2) is 0 Å². The van der Waals surface area contributed by atoms with Crippen molar-refractivity contribution in [2.75, 3.05) is 5.32 Å². The minimum atomic E-state index is -1.12. The summed E-state index contributed by atoms with van der Waals surface area (Å²) in [6, 6.07) is 16.8. The Morgan fingerprint density at radius 2 is 1.80 bits per heavy atom. The van der Waals surface area contributed by atoms with Gasteiger partial charge in [0.25, 0.3) is 0 Å². The molecule has 1 saturated heterocycles. The van der Waals surface area contributed by atoms with Crippen LogP contribution in [-0.2, 0) is 15.0 Å². The molecule has 0 aromatic heterocycles. The highest BCUT2D eigenvalue weighted by atomic mass is 35.5. The first kappa shape index (κ1) is 26.7. The molecule has 8 heteroatoms. The summed E-state index contributed by atoms with van der Waals surface area (Å²) in [6.45, 7) is 4.02. The first-order chi connectivity index (χ1) is 19.2. The van der Waals surface area contributed by atoms with Crippen LogP contribution in [0.15, 0.2) is 77.9 Å². The number of carbonyl (C=O) groups excluding carboxylic acids is 2. The summed E-state index contributed by atoms with van der Waals surface area (Å²) < 4.78 is 6.56. The lowest BCUT2D eigenvalue weighted by molar-refractivity contribution is -0.135. The van der Waals surface area contributed by atoms with Crippen LogP contribution >= 0.6 is 23.2 Å². The zero-order valence-electron chi connectivity index (χ0n) is 22.6. The second kappa shape index (κ2) is 10.2. The molecule has 40 heavy (non-hydrogen) atoms. The van der Waals surface area contributed by atoms with E-state index in [1.54, 1.807) is 12.1 Å². The van der Waals surface area contributed by atoms with E-state index in [4.69, 9.17) is 27.9 Å². The Balaban J connectivity index is 1.57. The summed E-state index contributed by atoms with van der Waals surface area (Å²) in [5, 5.41) is 7.57. The number of piperidine rings is 1. The zero-order valence-corrected chi connectivity index (χ0v) is 24.1. The molecule has 1 unspecified atom stereocenters. The highest BCUT2D eigenvalue weighted by Crippen LogP contribution is 2.58. The van der Waals surface area contributed by atoms with E-state index >= 15 is 0 Å². The predicted molar refractivity (Wildman–Crippen MR) is 163 cm³/mol. The lowest BCUT2D eigenvalue weighted by Crippen LogP contribution is -2.59. The average Bonchev–Trinajstić information content (AvgIpc) is 3.19. The van der Waals surface area contributed by atoms with Gasteiger partial charge in [-0.1, -0.05) is 71.1 Å². The number of benzene rings is 3. The molecule has 1 fully saturated rings. The number of anilines is 1.